The molecule has 0 spiro atoms. The fourth-order valence-electron chi connectivity index (χ4n) is 3.16. The number of aromatic amines is 1. The van der Waals surface area contributed by atoms with Crippen molar-refractivity contribution >= 4 is 34.6 Å². The zero-order chi connectivity index (χ0) is 21.8. The number of hydrogen-bond donors (Lipinski definition) is 4. The second-order valence-electron chi connectivity index (χ2n) is 6.83. The summed E-state index contributed by atoms with van der Waals surface area (Å²) in [7, 11) is 0. The van der Waals surface area contributed by atoms with Gasteiger partial charge in [-0.1, -0.05) is 19.1 Å². The maximum Gasteiger partial charge on any atom is 0.305 e. The van der Waals surface area contributed by atoms with E-state index >= 15 is 0 Å². The maximum absolute atomic E-state index is 12.8. The summed E-state index contributed by atoms with van der Waals surface area (Å²) in [5.41, 5.74) is 2.91. The van der Waals surface area contributed by atoms with E-state index in [1.54, 1.807) is 42.8 Å². The van der Waals surface area contributed by atoms with Crippen LogP contribution in [0.5, 0.6) is 0 Å². The summed E-state index contributed by atoms with van der Waals surface area (Å²) in [6, 6.07) is 8.35. The smallest absolute Gasteiger partial charge is 0.305 e. The van der Waals surface area contributed by atoms with Crippen LogP contribution in [-0.4, -0.2) is 36.9 Å². The van der Waals surface area contributed by atoms with Gasteiger partial charge in [-0.3, -0.25) is 9.59 Å². The molecular formula is C21H20N6O4. The Morgan fingerprint density at radius 1 is 1.19 bits per heavy atom. The minimum atomic E-state index is -1.03. The molecule has 0 aliphatic heterocycles. The lowest BCUT2D eigenvalue weighted by atomic mass is 10.0. The molecule has 0 radical (unpaired) electrons. The van der Waals surface area contributed by atoms with Crippen molar-refractivity contribution in [1.82, 2.24) is 25.3 Å². The number of carbonyl (C=O) groups excluding carboxylic acids is 1. The molecule has 31 heavy (non-hydrogen) atoms. The van der Waals surface area contributed by atoms with Crippen molar-refractivity contribution in [2.24, 2.45) is 0 Å². The number of carboxylic acids is 1. The fourth-order valence-corrected chi connectivity index (χ4v) is 3.16. The number of aromatic nitrogens is 4. The standard InChI is InChI=1S/C21H20N6O4/c1-2-13-10-31-21(25-13)26-14-5-3-12(4-6-14)16(9-17(28)29)27-20(30)18-15-7-8-22-19(15)24-11-23-18/h3-8,10-11,16H,2,9H2,1H3,(H,25,26)(H,27,30)(H,28,29)(H,22,23,24)/t16-/m1/s1. The highest BCUT2D eigenvalue weighted by molar-refractivity contribution is 6.03. The molecule has 3 heterocycles. The molecule has 3 aromatic heterocycles. The van der Waals surface area contributed by atoms with Crippen LogP contribution in [0.15, 0.2) is 53.5 Å². The van der Waals surface area contributed by atoms with Crippen LogP contribution < -0.4 is 10.6 Å². The number of nitrogens with one attached hydrogen (secondary N) is 3. The predicted octanol–water partition coefficient (Wildman–Crippen LogP) is 3.20. The van der Waals surface area contributed by atoms with Gasteiger partial charge in [-0.05, 0) is 30.2 Å². The molecule has 4 aromatic rings. The average Bonchev–Trinajstić information content (AvgIpc) is 3.42. The van der Waals surface area contributed by atoms with Crippen molar-refractivity contribution in [1.29, 1.82) is 0 Å². The normalized spacial score (nSPS) is 11.9. The number of anilines is 2. The van der Waals surface area contributed by atoms with Gasteiger partial charge in [-0.15, -0.1) is 0 Å². The Bertz CT molecular complexity index is 1210. The minimum absolute atomic E-state index is 0.176. The van der Waals surface area contributed by atoms with Crippen molar-refractivity contribution in [3.63, 3.8) is 0 Å². The highest BCUT2D eigenvalue weighted by atomic mass is 16.4. The number of oxazole rings is 1. The molecule has 0 bridgehead atoms. The molecule has 1 atom stereocenters. The lowest BCUT2D eigenvalue weighted by Crippen LogP contribution is -2.31. The van der Waals surface area contributed by atoms with Gasteiger partial charge in [0, 0.05) is 11.9 Å². The Kier molecular flexibility index (Phi) is 5.61. The van der Waals surface area contributed by atoms with Crippen LogP contribution in [0.3, 0.4) is 0 Å². The molecule has 0 unspecified atom stereocenters. The van der Waals surface area contributed by atoms with Crippen molar-refractivity contribution in [3.05, 3.63) is 66.1 Å². The van der Waals surface area contributed by atoms with E-state index in [2.05, 4.69) is 30.6 Å². The van der Waals surface area contributed by atoms with E-state index in [4.69, 9.17) is 4.42 Å². The summed E-state index contributed by atoms with van der Waals surface area (Å²) in [6.07, 6.45) is 5.02. The Morgan fingerprint density at radius 2 is 2.00 bits per heavy atom. The van der Waals surface area contributed by atoms with E-state index in [1.165, 1.54) is 6.33 Å². The van der Waals surface area contributed by atoms with Crippen molar-refractivity contribution in [2.75, 3.05) is 5.32 Å². The topological polar surface area (TPSA) is 146 Å². The van der Waals surface area contributed by atoms with Gasteiger partial charge in [0.25, 0.3) is 11.9 Å². The van der Waals surface area contributed by atoms with Gasteiger partial charge in [0.1, 0.15) is 23.9 Å². The largest absolute Gasteiger partial charge is 0.481 e. The minimum Gasteiger partial charge on any atom is -0.481 e. The molecule has 10 heteroatoms. The van der Waals surface area contributed by atoms with Gasteiger partial charge in [0.2, 0.25) is 0 Å². The second kappa shape index (κ2) is 8.66. The van der Waals surface area contributed by atoms with Gasteiger partial charge in [-0.2, -0.15) is 4.98 Å². The van der Waals surface area contributed by atoms with E-state index in [1.807, 2.05) is 6.92 Å². The van der Waals surface area contributed by atoms with E-state index in [9.17, 15) is 14.7 Å². The highest BCUT2D eigenvalue weighted by Crippen LogP contribution is 2.23. The summed E-state index contributed by atoms with van der Waals surface area (Å²) >= 11 is 0. The summed E-state index contributed by atoms with van der Waals surface area (Å²) in [5.74, 6) is -1.51. The number of rotatable bonds is 8. The number of nitrogens with zero attached hydrogens (tertiary/aromatic N) is 3. The number of benzene rings is 1. The first-order chi connectivity index (χ1) is 15.0. The van der Waals surface area contributed by atoms with E-state index in [0.717, 1.165) is 17.8 Å². The average molecular weight is 420 g/mol. The molecule has 0 fully saturated rings. The molecule has 0 aliphatic carbocycles. The van der Waals surface area contributed by atoms with Gasteiger partial charge >= 0.3 is 5.97 Å². The monoisotopic (exact) mass is 420 g/mol. The Labute approximate surface area is 176 Å². The Hall–Kier alpha value is -4.21. The number of carbonyl (C=O) groups is 2. The first-order valence-electron chi connectivity index (χ1n) is 9.65. The number of H-pyrrole nitrogens is 1. The van der Waals surface area contributed by atoms with Gasteiger partial charge in [0.15, 0.2) is 0 Å². The van der Waals surface area contributed by atoms with Gasteiger partial charge in [0.05, 0.1) is 23.5 Å². The Balaban J connectivity index is 1.52. The number of fused-ring (bicyclic) bond motifs is 1. The maximum atomic E-state index is 12.8. The third-order valence-electron chi connectivity index (χ3n) is 4.73. The number of hydrogen-bond acceptors (Lipinski definition) is 7. The summed E-state index contributed by atoms with van der Waals surface area (Å²) < 4.78 is 5.35. The number of amides is 1. The Morgan fingerprint density at radius 3 is 2.71 bits per heavy atom. The number of aryl methyl sites for hydroxylation is 1. The van der Waals surface area contributed by atoms with Gasteiger partial charge < -0.3 is 25.1 Å². The van der Waals surface area contributed by atoms with E-state index in [-0.39, 0.29) is 12.1 Å². The predicted molar refractivity (Wildman–Crippen MR) is 112 cm³/mol. The van der Waals surface area contributed by atoms with E-state index < -0.39 is 17.9 Å². The first-order valence-corrected chi connectivity index (χ1v) is 9.65. The summed E-state index contributed by atoms with van der Waals surface area (Å²) in [4.78, 5) is 39.5. The summed E-state index contributed by atoms with van der Waals surface area (Å²) in [5, 5.41) is 15.7. The second-order valence-corrected chi connectivity index (χ2v) is 6.83. The van der Waals surface area contributed by atoms with Crippen LogP contribution in [0.1, 0.15) is 41.1 Å². The molecule has 1 amide bonds. The highest BCUT2D eigenvalue weighted by Gasteiger charge is 2.21. The lowest BCUT2D eigenvalue weighted by Gasteiger charge is -2.18. The van der Waals surface area contributed by atoms with Crippen molar-refractivity contribution in [3.8, 4) is 0 Å². The third-order valence-corrected chi connectivity index (χ3v) is 4.73. The van der Waals surface area contributed by atoms with Crippen molar-refractivity contribution < 1.29 is 19.1 Å². The van der Waals surface area contributed by atoms with E-state index in [0.29, 0.717) is 22.6 Å². The fraction of sp³-hybridized carbons (Fsp3) is 0.190. The molecule has 4 N–H and O–H groups in total. The zero-order valence-electron chi connectivity index (χ0n) is 16.6. The van der Waals surface area contributed by atoms with Crippen LogP contribution in [-0.2, 0) is 11.2 Å². The van der Waals surface area contributed by atoms with Crippen LogP contribution in [0.4, 0.5) is 11.7 Å². The number of aliphatic carboxylic acids is 1. The van der Waals surface area contributed by atoms with Gasteiger partial charge in [-0.25, -0.2) is 9.97 Å². The lowest BCUT2D eigenvalue weighted by molar-refractivity contribution is -0.137. The SMILES string of the molecule is CCc1coc(Nc2ccc([C@@H](CC(=O)O)NC(=O)c3ncnc4[nH]ccc34)cc2)n1. The molecule has 1 aromatic carbocycles. The summed E-state index contributed by atoms with van der Waals surface area (Å²) in [6.45, 7) is 1.98. The molecular weight excluding hydrogens is 400 g/mol. The third kappa shape index (κ3) is 4.53. The van der Waals surface area contributed by atoms with Crippen LogP contribution in [0.2, 0.25) is 0 Å². The first kappa shape index (κ1) is 20.1. The molecule has 10 nitrogen and oxygen atoms in total. The van der Waals surface area contributed by atoms with Crippen LogP contribution in [0, 0.1) is 0 Å². The molecule has 158 valence electrons. The van der Waals surface area contributed by atoms with Crippen molar-refractivity contribution in [2.45, 2.75) is 25.8 Å². The molecule has 4 rings (SSSR count). The molecule has 0 aliphatic rings. The molecule has 0 saturated heterocycles. The molecule has 0 saturated carbocycles. The number of carboxylic acid groups (broad SMARTS) is 1. The van der Waals surface area contributed by atoms with Crippen LogP contribution >= 0.6 is 0 Å². The van der Waals surface area contributed by atoms with Crippen LogP contribution in [0.25, 0.3) is 11.0 Å². The zero-order valence-corrected chi connectivity index (χ0v) is 16.6. The quantitative estimate of drug-likeness (QED) is 0.340.